The number of aryl methyl sites for hydroxylation is 3. The first-order valence-electron chi connectivity index (χ1n) is 17.9. The average molecular weight is 675 g/mol. The lowest BCUT2D eigenvalue weighted by molar-refractivity contribution is 0.0801. The van der Waals surface area contributed by atoms with Crippen molar-refractivity contribution in [2.24, 2.45) is 11.8 Å². The van der Waals surface area contributed by atoms with Gasteiger partial charge in [0.25, 0.3) is 0 Å². The summed E-state index contributed by atoms with van der Waals surface area (Å²) in [7, 11) is 0. The van der Waals surface area contributed by atoms with E-state index in [4.69, 9.17) is 4.42 Å². The fraction of sp³-hybridized carbons (Fsp3) is 0.213. The van der Waals surface area contributed by atoms with Gasteiger partial charge in [-0.2, -0.15) is 0 Å². The molecule has 5 aromatic carbocycles. The van der Waals surface area contributed by atoms with Crippen LogP contribution in [-0.2, 0) is 6.42 Å². The lowest BCUT2D eigenvalue weighted by Crippen LogP contribution is -2.35. The van der Waals surface area contributed by atoms with Gasteiger partial charge < -0.3 is 4.42 Å². The molecule has 6 aromatic rings. The van der Waals surface area contributed by atoms with E-state index in [0.717, 1.165) is 28.3 Å². The van der Waals surface area contributed by atoms with Gasteiger partial charge >= 0.3 is 5.63 Å². The Morgan fingerprint density at radius 3 is 1.80 bits per heavy atom. The first-order valence-corrected chi connectivity index (χ1v) is 17.9. The van der Waals surface area contributed by atoms with E-state index in [2.05, 4.69) is 49.4 Å². The number of ketones is 2. The summed E-state index contributed by atoms with van der Waals surface area (Å²) < 4.78 is 5.30. The Hall–Kier alpha value is -5.61. The normalized spacial score (nSPS) is 15.7. The van der Waals surface area contributed by atoms with Gasteiger partial charge in [-0.15, -0.1) is 0 Å². The highest BCUT2D eigenvalue weighted by atomic mass is 16.4. The Morgan fingerprint density at radius 1 is 0.529 bits per heavy atom. The minimum Gasteiger partial charge on any atom is -0.422 e. The summed E-state index contributed by atoms with van der Waals surface area (Å²) in [5.41, 5.74) is 10.8. The Kier molecular flexibility index (Phi) is 11.8. The van der Waals surface area contributed by atoms with Crippen LogP contribution in [0.3, 0.4) is 0 Å². The molecule has 0 saturated heterocycles. The summed E-state index contributed by atoms with van der Waals surface area (Å²) in [5.74, 6) is -0.472. The molecule has 258 valence electrons. The lowest BCUT2D eigenvalue weighted by atomic mass is 9.71. The molecule has 1 heterocycles. The van der Waals surface area contributed by atoms with Crippen molar-refractivity contribution in [3.8, 4) is 11.1 Å². The molecule has 0 amide bonds. The summed E-state index contributed by atoms with van der Waals surface area (Å²) in [6, 6.07) is 34.0. The number of fused-ring (bicyclic) bond motifs is 8. The number of carbonyl (C=O) groups excluding carboxylic acids is 2. The standard InChI is InChI=1S/C15H12O2.C14H10O2.C14H12.2C2H6/c1-9-5-4-8-12-13(9)15(17)11-7-3-2-6-10(11)14(12)16;1-9-5-4-8-12-13(9)10-6-2-3-7-11(10)14(15)16-12;1-10-5-4-8-13-12-7-3-2-6-11(12)9-14(10)13;2*1-2/h2-8,10-11H,1H3;2-8H,1H3;2-8H,9H2,1H3;2*1-2H3. The van der Waals surface area contributed by atoms with Gasteiger partial charge in [-0.25, -0.2) is 4.79 Å². The zero-order valence-corrected chi connectivity index (χ0v) is 30.6. The van der Waals surface area contributed by atoms with Crippen LogP contribution >= 0.6 is 0 Å². The molecular weight excluding hydrogens is 629 g/mol. The van der Waals surface area contributed by atoms with Crippen LogP contribution in [0.15, 0.2) is 137 Å². The highest BCUT2D eigenvalue weighted by molar-refractivity contribution is 6.18. The van der Waals surface area contributed by atoms with Crippen LogP contribution in [0, 0.1) is 32.6 Å². The average Bonchev–Trinajstić information content (AvgIpc) is 3.56. The Balaban J connectivity index is 0.000000142. The van der Waals surface area contributed by atoms with Gasteiger partial charge in [-0.1, -0.05) is 143 Å². The fourth-order valence-corrected chi connectivity index (χ4v) is 7.08. The van der Waals surface area contributed by atoms with Crippen LogP contribution in [0.1, 0.15) is 76.2 Å². The Labute approximate surface area is 301 Å². The molecule has 4 heteroatoms. The molecule has 1 aromatic heterocycles. The van der Waals surface area contributed by atoms with Crippen LogP contribution in [0.5, 0.6) is 0 Å². The molecular formula is C47H46O4. The van der Waals surface area contributed by atoms with Gasteiger partial charge in [-0.05, 0) is 78.3 Å². The number of rotatable bonds is 0. The van der Waals surface area contributed by atoms with Crippen LogP contribution < -0.4 is 5.63 Å². The van der Waals surface area contributed by atoms with Gasteiger partial charge in [0.2, 0.25) is 0 Å². The molecule has 0 fully saturated rings. The highest BCUT2D eigenvalue weighted by Gasteiger charge is 2.39. The first-order chi connectivity index (χ1) is 24.8. The van der Waals surface area contributed by atoms with Crippen molar-refractivity contribution in [3.05, 3.63) is 177 Å². The molecule has 51 heavy (non-hydrogen) atoms. The third-order valence-corrected chi connectivity index (χ3v) is 9.46. The van der Waals surface area contributed by atoms with Crippen molar-refractivity contribution >= 4 is 33.3 Å². The predicted octanol–water partition coefficient (Wildman–Crippen LogP) is 11.6. The van der Waals surface area contributed by atoms with Crippen molar-refractivity contribution < 1.29 is 14.0 Å². The van der Waals surface area contributed by atoms with E-state index in [1.807, 2.05) is 114 Å². The van der Waals surface area contributed by atoms with Gasteiger partial charge in [0, 0.05) is 21.9 Å². The van der Waals surface area contributed by atoms with Crippen molar-refractivity contribution in [2.45, 2.75) is 54.9 Å². The number of allylic oxidation sites excluding steroid dienone is 4. The van der Waals surface area contributed by atoms with Crippen molar-refractivity contribution in [1.82, 2.24) is 0 Å². The summed E-state index contributed by atoms with van der Waals surface area (Å²) in [6.45, 7) is 14.1. The number of hydrogen-bond donors (Lipinski definition) is 0. The molecule has 2 unspecified atom stereocenters. The van der Waals surface area contributed by atoms with Gasteiger partial charge in [-0.3, -0.25) is 9.59 Å². The van der Waals surface area contributed by atoms with E-state index in [1.165, 1.54) is 27.8 Å². The SMILES string of the molecule is CC.CC.Cc1cccc2c1C(=O)C1C=CC=CC1C2=O.Cc1cccc2c1Cc1ccccc1-2.Cc1cccc2oc(=O)c3ccccc3c12. The monoisotopic (exact) mass is 674 g/mol. The second kappa shape index (κ2) is 16.4. The zero-order valence-electron chi connectivity index (χ0n) is 30.6. The smallest absolute Gasteiger partial charge is 0.344 e. The second-order valence-electron chi connectivity index (χ2n) is 12.4. The van der Waals surface area contributed by atoms with E-state index in [1.54, 1.807) is 12.1 Å². The third kappa shape index (κ3) is 7.18. The number of benzene rings is 5. The van der Waals surface area contributed by atoms with Crippen LogP contribution in [0.25, 0.3) is 32.9 Å². The molecule has 0 N–H and O–H groups in total. The minimum atomic E-state index is -0.305. The van der Waals surface area contributed by atoms with Gasteiger partial charge in [0.1, 0.15) is 5.58 Å². The first kappa shape index (κ1) is 36.7. The molecule has 2 atom stereocenters. The number of Topliss-reactive ketones (excluding diaryl/α,β-unsaturated/α-hetero) is 2. The second-order valence-corrected chi connectivity index (χ2v) is 12.4. The molecule has 4 nitrogen and oxygen atoms in total. The quantitative estimate of drug-likeness (QED) is 0.119. The molecule has 0 bridgehead atoms. The van der Waals surface area contributed by atoms with E-state index >= 15 is 0 Å². The maximum absolute atomic E-state index is 12.4. The topological polar surface area (TPSA) is 64.3 Å². The lowest BCUT2D eigenvalue weighted by Gasteiger charge is -2.29. The van der Waals surface area contributed by atoms with E-state index in [-0.39, 0.29) is 29.0 Å². The summed E-state index contributed by atoms with van der Waals surface area (Å²) in [5, 5.41) is 2.63. The summed E-state index contributed by atoms with van der Waals surface area (Å²) in [6.07, 6.45) is 8.46. The molecule has 3 aliphatic carbocycles. The van der Waals surface area contributed by atoms with Crippen LogP contribution in [-0.4, -0.2) is 11.6 Å². The van der Waals surface area contributed by atoms with Crippen molar-refractivity contribution in [2.75, 3.05) is 0 Å². The molecule has 9 rings (SSSR count). The van der Waals surface area contributed by atoms with Crippen molar-refractivity contribution in [3.63, 3.8) is 0 Å². The summed E-state index contributed by atoms with van der Waals surface area (Å²) in [4.78, 5) is 36.4. The minimum absolute atomic E-state index is 0.0638. The summed E-state index contributed by atoms with van der Waals surface area (Å²) >= 11 is 0. The molecule has 0 saturated carbocycles. The van der Waals surface area contributed by atoms with Gasteiger partial charge in [0.15, 0.2) is 11.6 Å². The Morgan fingerprint density at radius 2 is 1.08 bits per heavy atom. The molecule has 3 aliphatic rings. The van der Waals surface area contributed by atoms with Crippen LogP contribution in [0.4, 0.5) is 0 Å². The van der Waals surface area contributed by atoms with Gasteiger partial charge in [0.05, 0.1) is 17.2 Å². The predicted molar refractivity (Wildman–Crippen MR) is 212 cm³/mol. The maximum Gasteiger partial charge on any atom is 0.344 e. The van der Waals surface area contributed by atoms with E-state index in [9.17, 15) is 14.4 Å². The third-order valence-electron chi connectivity index (χ3n) is 9.46. The molecule has 0 aliphatic heterocycles. The van der Waals surface area contributed by atoms with E-state index in [0.29, 0.717) is 22.1 Å². The fourth-order valence-electron chi connectivity index (χ4n) is 7.08. The highest BCUT2D eigenvalue weighted by Crippen LogP contribution is 2.38. The van der Waals surface area contributed by atoms with Crippen LogP contribution in [0.2, 0.25) is 0 Å². The zero-order chi connectivity index (χ0) is 36.7. The number of hydrogen-bond acceptors (Lipinski definition) is 4. The van der Waals surface area contributed by atoms with Crippen molar-refractivity contribution in [1.29, 1.82) is 0 Å². The Bertz CT molecular complexity index is 2340. The number of carbonyl (C=O) groups is 2. The van der Waals surface area contributed by atoms with E-state index < -0.39 is 0 Å². The molecule has 0 radical (unpaired) electrons. The maximum atomic E-state index is 12.4. The largest absolute Gasteiger partial charge is 0.422 e. The molecule has 0 spiro atoms.